The highest BCUT2D eigenvalue weighted by molar-refractivity contribution is 7.16. The van der Waals surface area contributed by atoms with Gasteiger partial charge in [0.25, 0.3) is 0 Å². The van der Waals surface area contributed by atoms with Crippen LogP contribution in [0.1, 0.15) is 38.8 Å². The van der Waals surface area contributed by atoms with Gasteiger partial charge in [-0.15, -0.1) is 11.3 Å². The van der Waals surface area contributed by atoms with Crippen LogP contribution in [0, 0.1) is 6.92 Å². The molecule has 1 aliphatic rings. The Bertz CT molecular complexity index is 1200. The lowest BCUT2D eigenvalue weighted by molar-refractivity contribution is 0.0527. The third-order valence-corrected chi connectivity index (χ3v) is 6.28. The Morgan fingerprint density at radius 1 is 1.09 bits per heavy atom. The van der Waals surface area contributed by atoms with Crippen molar-refractivity contribution in [3.63, 3.8) is 0 Å². The molecule has 3 aromatic rings. The number of aryl methyl sites for hydroxylation is 1. The van der Waals surface area contributed by atoms with E-state index >= 15 is 0 Å². The van der Waals surface area contributed by atoms with E-state index in [-0.39, 0.29) is 19.4 Å². The van der Waals surface area contributed by atoms with Crippen LogP contribution in [0.2, 0.25) is 0 Å². The fraction of sp³-hybridized carbons (Fsp3) is 0.280. The van der Waals surface area contributed by atoms with E-state index in [1.807, 2.05) is 43.3 Å². The molecule has 0 unspecified atom stereocenters. The summed E-state index contributed by atoms with van der Waals surface area (Å²) < 4.78 is 26.9. The van der Waals surface area contributed by atoms with Gasteiger partial charge in [-0.2, -0.15) is 0 Å². The maximum atomic E-state index is 12.9. The lowest BCUT2D eigenvalue weighted by Crippen LogP contribution is -2.07. The molecular weight excluding hydrogens is 442 g/mol. The van der Waals surface area contributed by atoms with Crippen LogP contribution in [0.4, 0.5) is 5.00 Å². The van der Waals surface area contributed by atoms with Gasteiger partial charge < -0.3 is 23.7 Å². The molecule has 1 aromatic heterocycles. The Morgan fingerprint density at radius 3 is 2.64 bits per heavy atom. The van der Waals surface area contributed by atoms with E-state index in [4.69, 9.17) is 23.7 Å². The Balaban J connectivity index is 1.68. The first-order valence-corrected chi connectivity index (χ1v) is 11.3. The second-order valence-electron chi connectivity index (χ2n) is 7.27. The summed E-state index contributed by atoms with van der Waals surface area (Å²) in [4.78, 5) is 18.6. The predicted octanol–water partition coefficient (Wildman–Crippen LogP) is 5.32. The predicted molar refractivity (Wildman–Crippen MR) is 127 cm³/mol. The third-order valence-electron chi connectivity index (χ3n) is 5.23. The SMILES string of the molecule is CCOC(=O)c1c(N=Cc2ccc(OC)c(OC)c2)sc(C)c1Cc1ccc2c(c1)OCO2. The fourth-order valence-electron chi connectivity index (χ4n) is 3.60. The van der Waals surface area contributed by atoms with Gasteiger partial charge in [0.2, 0.25) is 6.79 Å². The first-order valence-electron chi connectivity index (χ1n) is 10.5. The van der Waals surface area contributed by atoms with Crippen molar-refractivity contribution in [1.29, 1.82) is 0 Å². The van der Waals surface area contributed by atoms with Gasteiger partial charge in [-0.1, -0.05) is 6.07 Å². The fourth-order valence-corrected chi connectivity index (χ4v) is 4.60. The summed E-state index contributed by atoms with van der Waals surface area (Å²) in [5.41, 5.74) is 3.23. The van der Waals surface area contributed by atoms with E-state index in [0.29, 0.717) is 34.2 Å². The van der Waals surface area contributed by atoms with E-state index in [1.54, 1.807) is 27.4 Å². The lowest BCUT2D eigenvalue weighted by atomic mass is 10.0. The normalized spacial score (nSPS) is 12.2. The van der Waals surface area contributed by atoms with E-state index in [9.17, 15) is 4.79 Å². The summed E-state index contributed by atoms with van der Waals surface area (Å²) in [6.45, 7) is 4.29. The summed E-state index contributed by atoms with van der Waals surface area (Å²) in [5, 5.41) is 0.608. The number of esters is 1. The van der Waals surface area contributed by atoms with Crippen LogP contribution in [0.15, 0.2) is 41.4 Å². The molecule has 2 heterocycles. The molecule has 0 radical (unpaired) electrons. The van der Waals surface area contributed by atoms with Crippen LogP contribution in [-0.2, 0) is 11.2 Å². The first kappa shape index (κ1) is 22.7. The molecule has 0 fully saturated rings. The second-order valence-corrected chi connectivity index (χ2v) is 8.48. The minimum atomic E-state index is -0.378. The van der Waals surface area contributed by atoms with Crippen LogP contribution < -0.4 is 18.9 Å². The zero-order valence-corrected chi connectivity index (χ0v) is 19.8. The van der Waals surface area contributed by atoms with Crippen molar-refractivity contribution in [3.05, 3.63) is 63.5 Å². The van der Waals surface area contributed by atoms with Crippen LogP contribution in [0.5, 0.6) is 23.0 Å². The number of benzene rings is 2. The van der Waals surface area contributed by atoms with Crippen molar-refractivity contribution in [2.24, 2.45) is 4.99 Å². The maximum Gasteiger partial charge on any atom is 0.341 e. The Labute approximate surface area is 196 Å². The van der Waals surface area contributed by atoms with Crippen LogP contribution in [-0.4, -0.2) is 39.8 Å². The Morgan fingerprint density at radius 2 is 1.88 bits per heavy atom. The topological polar surface area (TPSA) is 75.6 Å². The summed E-state index contributed by atoms with van der Waals surface area (Å²) in [6.07, 6.45) is 2.26. The quantitative estimate of drug-likeness (QED) is 0.330. The monoisotopic (exact) mass is 467 g/mol. The first-order chi connectivity index (χ1) is 16.0. The molecule has 172 valence electrons. The van der Waals surface area contributed by atoms with Gasteiger partial charge in [-0.3, -0.25) is 0 Å². The molecule has 0 saturated heterocycles. The lowest BCUT2D eigenvalue weighted by Gasteiger charge is -2.08. The average molecular weight is 468 g/mol. The zero-order chi connectivity index (χ0) is 23.4. The highest BCUT2D eigenvalue weighted by Gasteiger charge is 2.24. The second kappa shape index (κ2) is 9.95. The van der Waals surface area contributed by atoms with Gasteiger partial charge in [-0.05, 0) is 67.3 Å². The van der Waals surface area contributed by atoms with E-state index in [2.05, 4.69) is 4.99 Å². The molecular formula is C25H25NO6S. The van der Waals surface area contributed by atoms with Crippen molar-refractivity contribution in [2.45, 2.75) is 20.3 Å². The van der Waals surface area contributed by atoms with Gasteiger partial charge in [0, 0.05) is 11.1 Å². The summed E-state index contributed by atoms with van der Waals surface area (Å²) in [5.74, 6) is 2.31. The highest BCUT2D eigenvalue weighted by atomic mass is 32.1. The summed E-state index contributed by atoms with van der Waals surface area (Å²) in [6, 6.07) is 11.3. The Hall–Kier alpha value is -3.52. The van der Waals surface area contributed by atoms with E-state index < -0.39 is 0 Å². The molecule has 4 rings (SSSR count). The zero-order valence-electron chi connectivity index (χ0n) is 19.0. The smallest absolute Gasteiger partial charge is 0.341 e. The molecule has 0 atom stereocenters. The molecule has 7 nitrogen and oxygen atoms in total. The number of thiophene rings is 1. The average Bonchev–Trinajstić information content (AvgIpc) is 3.41. The summed E-state index contributed by atoms with van der Waals surface area (Å²) in [7, 11) is 3.18. The van der Waals surface area contributed by atoms with Crippen LogP contribution in [0.3, 0.4) is 0 Å². The molecule has 0 aliphatic carbocycles. The number of carbonyl (C=O) groups excluding carboxylic acids is 1. The Kier molecular flexibility index (Phi) is 6.84. The molecule has 0 N–H and O–H groups in total. The van der Waals surface area contributed by atoms with Gasteiger partial charge >= 0.3 is 5.97 Å². The van der Waals surface area contributed by atoms with Gasteiger partial charge in [0.1, 0.15) is 10.6 Å². The molecule has 0 bridgehead atoms. The van der Waals surface area contributed by atoms with Crippen LogP contribution in [0.25, 0.3) is 0 Å². The minimum Gasteiger partial charge on any atom is -0.493 e. The van der Waals surface area contributed by atoms with Crippen molar-refractivity contribution in [3.8, 4) is 23.0 Å². The number of rotatable bonds is 8. The molecule has 0 saturated carbocycles. The molecule has 0 spiro atoms. The van der Waals surface area contributed by atoms with Gasteiger partial charge in [-0.25, -0.2) is 9.79 Å². The van der Waals surface area contributed by atoms with Crippen molar-refractivity contribution in [2.75, 3.05) is 27.6 Å². The molecule has 8 heteroatoms. The van der Waals surface area contributed by atoms with Crippen LogP contribution >= 0.6 is 11.3 Å². The maximum absolute atomic E-state index is 12.9. The molecule has 2 aromatic carbocycles. The van der Waals surface area contributed by atoms with E-state index in [0.717, 1.165) is 27.3 Å². The molecule has 1 aliphatic heterocycles. The van der Waals surface area contributed by atoms with E-state index in [1.165, 1.54) is 11.3 Å². The molecule has 33 heavy (non-hydrogen) atoms. The number of fused-ring (bicyclic) bond motifs is 1. The number of methoxy groups -OCH3 is 2. The number of hydrogen-bond acceptors (Lipinski definition) is 8. The summed E-state index contributed by atoms with van der Waals surface area (Å²) >= 11 is 1.47. The van der Waals surface area contributed by atoms with Crippen molar-refractivity contribution in [1.82, 2.24) is 0 Å². The number of carbonyl (C=O) groups is 1. The highest BCUT2D eigenvalue weighted by Crippen LogP contribution is 2.39. The van der Waals surface area contributed by atoms with Crippen molar-refractivity contribution < 1.29 is 28.5 Å². The van der Waals surface area contributed by atoms with Gasteiger partial charge in [0.15, 0.2) is 23.0 Å². The number of aliphatic imine (C=N–C) groups is 1. The minimum absolute atomic E-state index is 0.222. The third kappa shape index (κ3) is 4.80. The molecule has 0 amide bonds. The van der Waals surface area contributed by atoms with Crippen molar-refractivity contribution >= 4 is 28.5 Å². The number of nitrogens with zero attached hydrogens (tertiary/aromatic N) is 1. The standard InChI is InChI=1S/C25H25NO6S/c1-5-30-25(27)23-18(10-16-6-9-20-22(11-16)32-14-31-20)15(2)33-24(23)26-13-17-7-8-19(28-3)21(12-17)29-4/h6-9,11-13H,5,10,14H2,1-4H3. The number of ether oxygens (including phenoxy) is 5. The van der Waals surface area contributed by atoms with Gasteiger partial charge in [0.05, 0.1) is 20.8 Å². The number of hydrogen-bond donors (Lipinski definition) is 0. The largest absolute Gasteiger partial charge is 0.493 e.